The van der Waals surface area contributed by atoms with Crippen LogP contribution in [-0.2, 0) is 14.2 Å². The lowest BCUT2D eigenvalue weighted by Gasteiger charge is -2.38. The van der Waals surface area contributed by atoms with Gasteiger partial charge < -0.3 is 24.4 Å². The highest BCUT2D eigenvalue weighted by Gasteiger charge is 2.41. The number of esters is 2. The van der Waals surface area contributed by atoms with Crippen molar-refractivity contribution in [2.75, 3.05) is 39.2 Å². The SMILES string of the molecule is COC(=O)c1cc(NC(=O)N2CCC(N3C(=O)OCC3C(C)C)CC2)cc(C(=O)OC)c1. The summed E-state index contributed by atoms with van der Waals surface area (Å²) >= 11 is 0. The number of carbonyl (C=O) groups is 4. The number of likely N-dealkylation sites (tertiary alicyclic amines) is 1. The Morgan fingerprint density at radius 1 is 1.03 bits per heavy atom. The molecule has 2 fully saturated rings. The van der Waals surface area contributed by atoms with E-state index in [9.17, 15) is 19.2 Å². The van der Waals surface area contributed by atoms with Gasteiger partial charge in [0.25, 0.3) is 0 Å². The molecule has 1 N–H and O–H groups in total. The average molecular weight is 447 g/mol. The van der Waals surface area contributed by atoms with E-state index in [0.29, 0.717) is 32.5 Å². The molecule has 0 spiro atoms. The van der Waals surface area contributed by atoms with Crippen LogP contribution >= 0.6 is 0 Å². The first-order valence-electron chi connectivity index (χ1n) is 10.6. The molecule has 1 aromatic rings. The highest BCUT2D eigenvalue weighted by Crippen LogP contribution is 2.28. The number of rotatable bonds is 5. The van der Waals surface area contributed by atoms with E-state index in [4.69, 9.17) is 14.2 Å². The van der Waals surface area contributed by atoms with Gasteiger partial charge in [0.15, 0.2) is 0 Å². The van der Waals surface area contributed by atoms with Gasteiger partial charge in [0.1, 0.15) is 6.61 Å². The van der Waals surface area contributed by atoms with Crippen molar-refractivity contribution in [1.82, 2.24) is 9.80 Å². The van der Waals surface area contributed by atoms with Gasteiger partial charge in [0.2, 0.25) is 0 Å². The summed E-state index contributed by atoms with van der Waals surface area (Å²) in [7, 11) is 2.46. The predicted molar refractivity (Wildman–Crippen MR) is 115 cm³/mol. The van der Waals surface area contributed by atoms with Crippen molar-refractivity contribution in [1.29, 1.82) is 0 Å². The van der Waals surface area contributed by atoms with Gasteiger partial charge in [-0.2, -0.15) is 0 Å². The molecule has 0 aromatic heterocycles. The number of nitrogens with one attached hydrogen (secondary N) is 1. The fourth-order valence-electron chi connectivity index (χ4n) is 4.10. The van der Waals surface area contributed by atoms with Crippen LogP contribution in [0.15, 0.2) is 18.2 Å². The molecule has 2 saturated heterocycles. The molecule has 174 valence electrons. The minimum Gasteiger partial charge on any atom is -0.465 e. The number of hydrogen-bond donors (Lipinski definition) is 1. The second kappa shape index (κ2) is 9.88. The Balaban J connectivity index is 1.66. The Hall–Kier alpha value is -3.30. The van der Waals surface area contributed by atoms with Crippen LogP contribution in [0.1, 0.15) is 47.4 Å². The summed E-state index contributed by atoms with van der Waals surface area (Å²) in [4.78, 5) is 52.4. The second-order valence-electron chi connectivity index (χ2n) is 8.23. The van der Waals surface area contributed by atoms with Crippen LogP contribution < -0.4 is 5.32 Å². The van der Waals surface area contributed by atoms with Crippen LogP contribution in [0.3, 0.4) is 0 Å². The lowest BCUT2D eigenvalue weighted by molar-refractivity contribution is 0.0599. The van der Waals surface area contributed by atoms with Gasteiger partial charge in [0, 0.05) is 24.8 Å². The summed E-state index contributed by atoms with van der Waals surface area (Å²) in [6.45, 7) is 5.45. The third-order valence-electron chi connectivity index (χ3n) is 5.89. The largest absolute Gasteiger partial charge is 0.465 e. The second-order valence-corrected chi connectivity index (χ2v) is 8.23. The Morgan fingerprint density at radius 3 is 2.09 bits per heavy atom. The first-order chi connectivity index (χ1) is 15.2. The Kier molecular flexibility index (Phi) is 7.22. The van der Waals surface area contributed by atoms with Crippen LogP contribution in [0.25, 0.3) is 0 Å². The third-order valence-corrected chi connectivity index (χ3v) is 5.89. The first kappa shape index (κ1) is 23.4. The summed E-state index contributed by atoms with van der Waals surface area (Å²) < 4.78 is 14.7. The normalized spacial score (nSPS) is 19.0. The van der Waals surface area contributed by atoms with Crippen molar-refractivity contribution in [2.24, 2.45) is 5.92 Å². The molecule has 3 rings (SSSR count). The molecule has 2 aliphatic rings. The predicted octanol–water partition coefficient (Wildman–Crippen LogP) is 2.73. The van der Waals surface area contributed by atoms with Gasteiger partial charge in [-0.15, -0.1) is 0 Å². The van der Waals surface area contributed by atoms with E-state index in [1.54, 1.807) is 4.90 Å². The van der Waals surface area contributed by atoms with Crippen molar-refractivity contribution >= 4 is 29.8 Å². The molecular formula is C22H29N3O7. The van der Waals surface area contributed by atoms with Gasteiger partial charge in [-0.05, 0) is 37.0 Å². The molecule has 0 saturated carbocycles. The highest BCUT2D eigenvalue weighted by molar-refractivity contribution is 5.99. The molecule has 32 heavy (non-hydrogen) atoms. The van der Waals surface area contributed by atoms with Gasteiger partial charge in [0.05, 0.1) is 31.4 Å². The maximum Gasteiger partial charge on any atom is 0.410 e. The number of amides is 3. The van der Waals surface area contributed by atoms with Crippen molar-refractivity contribution in [3.05, 3.63) is 29.3 Å². The number of ether oxygens (including phenoxy) is 3. The van der Waals surface area contributed by atoms with E-state index >= 15 is 0 Å². The first-order valence-corrected chi connectivity index (χ1v) is 10.6. The maximum atomic E-state index is 12.8. The van der Waals surface area contributed by atoms with Gasteiger partial charge >= 0.3 is 24.1 Å². The van der Waals surface area contributed by atoms with Crippen LogP contribution in [0.5, 0.6) is 0 Å². The quantitative estimate of drug-likeness (QED) is 0.545. The number of piperidine rings is 1. The Morgan fingerprint density at radius 2 is 1.59 bits per heavy atom. The molecule has 1 unspecified atom stereocenters. The summed E-state index contributed by atoms with van der Waals surface area (Å²) in [6, 6.07) is 3.94. The van der Waals surface area contributed by atoms with Crippen molar-refractivity contribution in [3.8, 4) is 0 Å². The topological polar surface area (TPSA) is 114 Å². The molecule has 3 amide bonds. The fourth-order valence-corrected chi connectivity index (χ4v) is 4.10. The number of methoxy groups -OCH3 is 2. The summed E-state index contributed by atoms with van der Waals surface area (Å²) in [5.41, 5.74) is 0.525. The number of hydrogen-bond acceptors (Lipinski definition) is 7. The van der Waals surface area contributed by atoms with E-state index < -0.39 is 11.9 Å². The molecule has 2 aliphatic heterocycles. The molecule has 10 heteroatoms. The maximum absolute atomic E-state index is 12.8. The standard InChI is InChI=1S/C22H29N3O7/c1-13(2)18-12-32-22(29)25(18)17-5-7-24(8-6-17)21(28)23-16-10-14(19(26)30-3)9-15(11-16)20(27)31-4/h9-11,13,17-18H,5-8,12H2,1-4H3,(H,23,28). The van der Waals surface area contributed by atoms with Gasteiger partial charge in [-0.1, -0.05) is 13.8 Å². The molecule has 0 radical (unpaired) electrons. The lowest BCUT2D eigenvalue weighted by Crippen LogP contribution is -2.51. The Bertz CT molecular complexity index is 859. The third kappa shape index (κ3) is 4.95. The van der Waals surface area contributed by atoms with E-state index in [0.717, 1.165) is 0 Å². The van der Waals surface area contributed by atoms with Crippen LogP contribution in [0.2, 0.25) is 0 Å². The molecule has 1 atom stereocenters. The molecular weight excluding hydrogens is 418 g/mol. The van der Waals surface area contributed by atoms with Crippen LogP contribution in [0, 0.1) is 5.92 Å². The van der Waals surface area contributed by atoms with E-state index in [-0.39, 0.29) is 46.9 Å². The summed E-state index contributed by atoms with van der Waals surface area (Å²) in [5, 5.41) is 2.74. The summed E-state index contributed by atoms with van der Waals surface area (Å²) in [5.74, 6) is -0.984. The zero-order valence-electron chi connectivity index (χ0n) is 18.8. The number of urea groups is 1. The fraction of sp³-hybridized carbons (Fsp3) is 0.545. The van der Waals surface area contributed by atoms with Crippen molar-refractivity contribution in [2.45, 2.75) is 38.8 Å². The monoisotopic (exact) mass is 447 g/mol. The van der Waals surface area contributed by atoms with Gasteiger partial charge in [-0.25, -0.2) is 19.2 Å². The minimum atomic E-state index is -0.635. The zero-order chi connectivity index (χ0) is 23.4. The average Bonchev–Trinajstić information content (AvgIpc) is 3.19. The highest BCUT2D eigenvalue weighted by atomic mass is 16.6. The van der Waals surface area contributed by atoms with E-state index in [2.05, 4.69) is 19.2 Å². The molecule has 1 aromatic carbocycles. The number of anilines is 1. The Labute approximate surface area is 186 Å². The zero-order valence-corrected chi connectivity index (χ0v) is 18.8. The van der Waals surface area contributed by atoms with Crippen LogP contribution in [-0.4, -0.2) is 79.9 Å². The minimum absolute atomic E-state index is 0.0232. The van der Waals surface area contributed by atoms with Crippen molar-refractivity contribution < 1.29 is 33.4 Å². The molecule has 0 aliphatic carbocycles. The van der Waals surface area contributed by atoms with Crippen molar-refractivity contribution in [3.63, 3.8) is 0 Å². The number of benzene rings is 1. The molecule has 10 nitrogen and oxygen atoms in total. The number of carbonyl (C=O) groups excluding carboxylic acids is 4. The number of cyclic esters (lactones) is 1. The lowest BCUT2D eigenvalue weighted by atomic mass is 9.98. The molecule has 0 bridgehead atoms. The van der Waals surface area contributed by atoms with Gasteiger partial charge in [-0.3, -0.25) is 4.90 Å². The number of nitrogens with zero attached hydrogens (tertiary/aromatic N) is 2. The molecule has 2 heterocycles. The summed E-state index contributed by atoms with van der Waals surface area (Å²) in [6.07, 6.45) is 0.990. The smallest absolute Gasteiger partial charge is 0.410 e. The van der Waals surface area contributed by atoms with E-state index in [1.165, 1.54) is 32.4 Å². The van der Waals surface area contributed by atoms with E-state index in [1.807, 2.05) is 4.90 Å². The van der Waals surface area contributed by atoms with Crippen LogP contribution in [0.4, 0.5) is 15.3 Å².